The lowest BCUT2D eigenvalue weighted by molar-refractivity contribution is 0.375. The molecular formula is C5H12O3S. The summed E-state index contributed by atoms with van der Waals surface area (Å²) in [6, 6.07) is 0. The first-order valence-electron chi connectivity index (χ1n) is 2.65. The minimum absolute atomic E-state index is 0.0682. The lowest BCUT2D eigenvalue weighted by Crippen LogP contribution is -1.85. The van der Waals surface area contributed by atoms with Gasteiger partial charge >= 0.3 is 0 Å². The minimum atomic E-state index is -2.68. The molecule has 0 saturated carbocycles. The first kappa shape index (κ1) is 11.4. The third-order valence-corrected chi connectivity index (χ3v) is 0.658. The highest BCUT2D eigenvalue weighted by molar-refractivity contribution is 7.67. The summed E-state index contributed by atoms with van der Waals surface area (Å²) in [6.07, 6.45) is 1.37. The van der Waals surface area contributed by atoms with Crippen LogP contribution in [0.15, 0.2) is 12.7 Å². The third-order valence-electron chi connectivity index (χ3n) is 0.298. The van der Waals surface area contributed by atoms with Gasteiger partial charge in [0.25, 0.3) is 11.0 Å². The van der Waals surface area contributed by atoms with E-state index < -0.39 is 11.0 Å². The fourth-order valence-electron chi connectivity index (χ4n) is 0.114. The van der Waals surface area contributed by atoms with Gasteiger partial charge in [0.2, 0.25) is 0 Å². The van der Waals surface area contributed by atoms with Crippen LogP contribution in [0.25, 0.3) is 0 Å². The highest BCUT2D eigenvalue weighted by Crippen LogP contribution is 1.70. The van der Waals surface area contributed by atoms with Gasteiger partial charge < -0.3 is 0 Å². The molecule has 4 heteroatoms. The van der Waals surface area contributed by atoms with Gasteiger partial charge in [0.05, 0.1) is 6.61 Å². The quantitative estimate of drug-likeness (QED) is 0.479. The zero-order valence-corrected chi connectivity index (χ0v) is 6.56. The van der Waals surface area contributed by atoms with Gasteiger partial charge in [0.15, 0.2) is 0 Å². The summed E-state index contributed by atoms with van der Waals surface area (Å²) in [5, 5.41) is 0. The molecule has 0 spiro atoms. The Hall–Kier alpha value is -0.350. The van der Waals surface area contributed by atoms with E-state index in [0.717, 1.165) is 0 Å². The monoisotopic (exact) mass is 152 g/mol. The molecule has 0 N–H and O–H groups in total. The summed E-state index contributed by atoms with van der Waals surface area (Å²) in [5.74, 6) is 0. The Labute approximate surface area is 57.5 Å². The number of rotatable bonds is 3. The molecule has 0 aromatic rings. The fourth-order valence-corrected chi connectivity index (χ4v) is 0.341. The second-order valence-corrected chi connectivity index (χ2v) is 1.51. The number of hydrogen-bond donors (Lipinski definition) is 1. The Balaban J connectivity index is 0. The molecule has 0 aliphatic carbocycles. The second kappa shape index (κ2) is 10.6. The van der Waals surface area contributed by atoms with E-state index in [1.165, 1.54) is 6.08 Å². The average Bonchev–Trinajstić information content (AvgIpc) is 1.88. The van der Waals surface area contributed by atoms with Crippen LogP contribution >= 0.6 is 0 Å². The van der Waals surface area contributed by atoms with E-state index in [0.29, 0.717) is 0 Å². The van der Waals surface area contributed by atoms with E-state index in [-0.39, 0.29) is 6.61 Å². The second-order valence-electron chi connectivity index (χ2n) is 0.808. The molecule has 0 saturated heterocycles. The average molecular weight is 152 g/mol. The molecule has 0 aliphatic rings. The molecule has 0 aliphatic heterocycles. The minimum Gasteiger partial charge on any atom is -0.268 e. The maximum absolute atomic E-state index is 9.53. The van der Waals surface area contributed by atoms with Crippen molar-refractivity contribution in [3.8, 4) is 0 Å². The van der Waals surface area contributed by atoms with Crippen molar-refractivity contribution in [3.63, 3.8) is 0 Å². The van der Waals surface area contributed by atoms with E-state index in [9.17, 15) is 8.42 Å². The van der Waals surface area contributed by atoms with Crippen LogP contribution in [-0.4, -0.2) is 15.0 Å². The van der Waals surface area contributed by atoms with E-state index in [1.54, 1.807) is 0 Å². The molecule has 0 rings (SSSR count). The maximum Gasteiger partial charge on any atom is 0.257 e. The van der Waals surface area contributed by atoms with Crippen LogP contribution in [-0.2, 0) is 15.2 Å². The van der Waals surface area contributed by atoms with Crippen molar-refractivity contribution < 1.29 is 12.6 Å². The van der Waals surface area contributed by atoms with E-state index in [2.05, 4.69) is 10.8 Å². The Morgan fingerprint density at radius 1 is 1.56 bits per heavy atom. The van der Waals surface area contributed by atoms with Crippen LogP contribution in [0, 0.1) is 0 Å². The van der Waals surface area contributed by atoms with Crippen LogP contribution in [0.2, 0.25) is 0 Å². The smallest absolute Gasteiger partial charge is 0.257 e. The first-order chi connectivity index (χ1) is 4.27. The van der Waals surface area contributed by atoms with E-state index >= 15 is 0 Å². The van der Waals surface area contributed by atoms with Crippen molar-refractivity contribution >= 4 is 11.0 Å². The number of thiol groups is 1. The van der Waals surface area contributed by atoms with Crippen LogP contribution in [0.3, 0.4) is 0 Å². The molecule has 0 aromatic carbocycles. The zero-order chi connectivity index (χ0) is 7.70. The molecule has 0 fully saturated rings. The lowest BCUT2D eigenvalue weighted by atomic mass is 10.7. The van der Waals surface area contributed by atoms with Gasteiger partial charge in [-0.15, -0.1) is 6.58 Å². The lowest BCUT2D eigenvalue weighted by Gasteiger charge is -1.80. The predicted molar refractivity (Wildman–Crippen MR) is 37.8 cm³/mol. The standard InChI is InChI=1S/C3H6O3S.C2H6/c1-2-3-6-7(4)5;1-2/h2,7H,1,3H2;1-2H3. The molecule has 0 unspecified atom stereocenters. The van der Waals surface area contributed by atoms with Gasteiger partial charge in [0.1, 0.15) is 0 Å². The first-order valence-corrected chi connectivity index (χ1v) is 3.75. The normalized spacial score (nSPS) is 7.89. The summed E-state index contributed by atoms with van der Waals surface area (Å²) >= 11 is 0. The fraction of sp³-hybridized carbons (Fsp3) is 0.600. The Kier molecular flexibility index (Phi) is 13.5. The summed E-state index contributed by atoms with van der Waals surface area (Å²) in [7, 11) is -2.68. The molecule has 0 atom stereocenters. The SMILES string of the molecule is C=CCO[SH](=O)=O.CC. The molecule has 0 heterocycles. The van der Waals surface area contributed by atoms with Crippen LogP contribution in [0.4, 0.5) is 0 Å². The van der Waals surface area contributed by atoms with Gasteiger partial charge in [-0.1, -0.05) is 19.9 Å². The van der Waals surface area contributed by atoms with Crippen LogP contribution in [0.1, 0.15) is 13.8 Å². The Bertz CT molecular complexity index is 109. The molecule has 0 bridgehead atoms. The van der Waals surface area contributed by atoms with Crippen molar-refractivity contribution in [2.24, 2.45) is 0 Å². The third kappa shape index (κ3) is 18.3. The number of hydrogen-bond acceptors (Lipinski definition) is 3. The summed E-state index contributed by atoms with van der Waals surface area (Å²) in [6.45, 7) is 7.31. The van der Waals surface area contributed by atoms with Gasteiger partial charge in [-0.05, 0) is 0 Å². The summed E-state index contributed by atoms with van der Waals surface area (Å²) in [5.41, 5.74) is 0. The molecule has 56 valence electrons. The molecule has 3 nitrogen and oxygen atoms in total. The largest absolute Gasteiger partial charge is 0.268 e. The highest BCUT2D eigenvalue weighted by Gasteiger charge is 1.75. The summed E-state index contributed by atoms with van der Waals surface area (Å²) in [4.78, 5) is 0. The van der Waals surface area contributed by atoms with Crippen molar-refractivity contribution in [1.29, 1.82) is 0 Å². The van der Waals surface area contributed by atoms with Crippen molar-refractivity contribution in [2.45, 2.75) is 13.8 Å². The Morgan fingerprint density at radius 2 is 2.00 bits per heavy atom. The summed E-state index contributed by atoms with van der Waals surface area (Å²) < 4.78 is 23.1. The maximum atomic E-state index is 9.53. The molecule has 0 aromatic heterocycles. The topological polar surface area (TPSA) is 43.4 Å². The van der Waals surface area contributed by atoms with Gasteiger partial charge in [0, 0.05) is 0 Å². The van der Waals surface area contributed by atoms with Crippen LogP contribution < -0.4 is 0 Å². The van der Waals surface area contributed by atoms with E-state index in [4.69, 9.17) is 0 Å². The highest BCUT2D eigenvalue weighted by atomic mass is 32.2. The molecule has 0 radical (unpaired) electrons. The predicted octanol–water partition coefficient (Wildman–Crippen LogP) is 0.742. The Morgan fingerprint density at radius 3 is 2.11 bits per heavy atom. The van der Waals surface area contributed by atoms with Gasteiger partial charge in [-0.3, -0.25) is 4.18 Å². The molecular weight excluding hydrogens is 140 g/mol. The molecule has 0 amide bonds. The van der Waals surface area contributed by atoms with E-state index in [1.807, 2.05) is 13.8 Å². The van der Waals surface area contributed by atoms with Gasteiger partial charge in [-0.2, -0.15) is 0 Å². The van der Waals surface area contributed by atoms with Crippen molar-refractivity contribution in [2.75, 3.05) is 6.61 Å². The van der Waals surface area contributed by atoms with Crippen LogP contribution in [0.5, 0.6) is 0 Å². The van der Waals surface area contributed by atoms with Crippen molar-refractivity contribution in [3.05, 3.63) is 12.7 Å². The van der Waals surface area contributed by atoms with Crippen molar-refractivity contribution in [1.82, 2.24) is 0 Å². The van der Waals surface area contributed by atoms with Gasteiger partial charge in [-0.25, -0.2) is 8.42 Å². The molecule has 9 heavy (non-hydrogen) atoms. The zero-order valence-electron chi connectivity index (χ0n) is 5.66.